The van der Waals surface area contributed by atoms with E-state index in [-0.39, 0.29) is 12.8 Å². The predicted molar refractivity (Wildman–Crippen MR) is 50.7 cm³/mol. The smallest absolute Gasteiger partial charge is 0.177 e. The van der Waals surface area contributed by atoms with Crippen molar-refractivity contribution < 1.29 is 14.5 Å². The van der Waals surface area contributed by atoms with Crippen LogP contribution in [0.2, 0.25) is 0 Å². The van der Waals surface area contributed by atoms with Gasteiger partial charge in [-0.1, -0.05) is 0 Å². The predicted octanol–water partition coefficient (Wildman–Crippen LogP) is -0.831. The summed E-state index contributed by atoms with van der Waals surface area (Å²) < 4.78 is 10.6. The van der Waals surface area contributed by atoms with Gasteiger partial charge in [-0.2, -0.15) is 0 Å². The van der Waals surface area contributed by atoms with Gasteiger partial charge in [-0.3, -0.25) is 4.90 Å². The summed E-state index contributed by atoms with van der Waals surface area (Å²) in [5.74, 6) is 0. The molecule has 0 aromatic rings. The van der Waals surface area contributed by atoms with Crippen molar-refractivity contribution >= 4 is 0 Å². The molecule has 2 aliphatic heterocycles. The molecule has 2 heterocycles. The molecule has 0 N–H and O–H groups in total. The van der Waals surface area contributed by atoms with E-state index in [4.69, 9.17) is 9.47 Å². The lowest BCUT2D eigenvalue weighted by molar-refractivity contribution is -0.654. The van der Waals surface area contributed by atoms with Crippen molar-refractivity contribution in [2.45, 2.75) is 6.10 Å². The third-order valence-electron chi connectivity index (χ3n) is 2.67. The molecule has 0 spiro atoms. The van der Waals surface area contributed by atoms with E-state index in [0.717, 1.165) is 37.9 Å². The van der Waals surface area contributed by atoms with Crippen LogP contribution in [0.15, 0.2) is 0 Å². The average Bonchev–Trinajstić information content (AvgIpc) is 2.68. The Labute approximate surface area is 87.7 Å². The second-order valence-electron chi connectivity index (χ2n) is 3.76. The van der Waals surface area contributed by atoms with Crippen LogP contribution in [0.1, 0.15) is 0 Å². The lowest BCUT2D eigenvalue weighted by Crippen LogP contribution is -2.42. The van der Waals surface area contributed by atoms with Crippen LogP contribution in [-0.4, -0.2) is 67.2 Å². The Morgan fingerprint density at radius 1 is 1.40 bits per heavy atom. The molecular weight excluding hydrogens is 202 g/mol. The first-order chi connectivity index (χ1) is 7.25. The zero-order valence-electron chi connectivity index (χ0n) is 8.50. The van der Waals surface area contributed by atoms with Crippen LogP contribution in [0.3, 0.4) is 0 Å². The van der Waals surface area contributed by atoms with Crippen LogP contribution >= 0.6 is 0 Å². The van der Waals surface area contributed by atoms with Crippen LogP contribution in [0.5, 0.6) is 0 Å². The molecule has 7 heteroatoms. The Kier molecular flexibility index (Phi) is 3.34. The molecule has 2 saturated heterocycles. The van der Waals surface area contributed by atoms with Crippen molar-refractivity contribution in [3.8, 4) is 0 Å². The van der Waals surface area contributed by atoms with Gasteiger partial charge in [-0.15, -0.1) is 5.01 Å². The van der Waals surface area contributed by atoms with Gasteiger partial charge in [0.25, 0.3) is 0 Å². The minimum Gasteiger partial charge on any atom is -0.379 e. The number of morpholine rings is 1. The second kappa shape index (κ2) is 4.73. The highest BCUT2D eigenvalue weighted by Crippen LogP contribution is 2.10. The monoisotopic (exact) mass is 217 g/mol. The van der Waals surface area contributed by atoms with Gasteiger partial charge in [0.05, 0.1) is 19.3 Å². The minimum atomic E-state index is -0.403. The van der Waals surface area contributed by atoms with Crippen LogP contribution in [0, 0.1) is 10.1 Å². The van der Waals surface area contributed by atoms with Gasteiger partial charge in [0.1, 0.15) is 6.54 Å². The first-order valence-electron chi connectivity index (χ1n) is 5.06. The van der Waals surface area contributed by atoms with Crippen molar-refractivity contribution in [3.05, 3.63) is 10.1 Å². The van der Waals surface area contributed by atoms with E-state index in [9.17, 15) is 10.1 Å². The number of hydrogen-bond donors (Lipinski definition) is 0. The quantitative estimate of drug-likeness (QED) is 0.454. The highest BCUT2D eigenvalue weighted by Gasteiger charge is 2.31. The molecule has 0 aliphatic carbocycles. The van der Waals surface area contributed by atoms with Gasteiger partial charge >= 0.3 is 0 Å². The molecule has 15 heavy (non-hydrogen) atoms. The zero-order valence-corrected chi connectivity index (χ0v) is 8.50. The molecule has 0 amide bonds. The number of nitro groups is 1. The molecule has 0 radical (unpaired) electrons. The normalized spacial score (nSPS) is 28.3. The van der Waals surface area contributed by atoms with Crippen molar-refractivity contribution in [2.24, 2.45) is 0 Å². The number of hydrazine groups is 1. The van der Waals surface area contributed by atoms with Crippen molar-refractivity contribution in [3.63, 3.8) is 0 Å². The van der Waals surface area contributed by atoms with Crippen molar-refractivity contribution in [1.82, 2.24) is 9.91 Å². The lowest BCUT2D eigenvalue weighted by Gasteiger charge is -2.28. The summed E-state index contributed by atoms with van der Waals surface area (Å²) in [6.45, 7) is 4.49. The van der Waals surface area contributed by atoms with Crippen LogP contribution in [-0.2, 0) is 9.47 Å². The van der Waals surface area contributed by atoms with Gasteiger partial charge in [0, 0.05) is 19.6 Å². The molecule has 1 atom stereocenters. The molecule has 2 fully saturated rings. The molecule has 2 rings (SSSR count). The molecule has 0 bridgehead atoms. The van der Waals surface area contributed by atoms with E-state index >= 15 is 0 Å². The summed E-state index contributed by atoms with van der Waals surface area (Å²) in [5.41, 5.74) is 0. The third-order valence-corrected chi connectivity index (χ3v) is 2.67. The maximum atomic E-state index is 10.5. The number of nitrogens with zero attached hydrogens (tertiary/aromatic N) is 3. The topological polar surface area (TPSA) is 68.1 Å². The summed E-state index contributed by atoms with van der Waals surface area (Å²) in [6, 6.07) is 0. The molecule has 0 unspecified atom stereocenters. The molecule has 0 aromatic heterocycles. The minimum absolute atomic E-state index is 0.0477. The van der Waals surface area contributed by atoms with Gasteiger partial charge in [0.15, 0.2) is 11.8 Å². The zero-order chi connectivity index (χ0) is 10.7. The molecule has 0 aromatic carbocycles. The van der Waals surface area contributed by atoms with Gasteiger partial charge in [0.2, 0.25) is 0 Å². The SMILES string of the molecule is O=[N+]([O-])N1CO[C@@H](CN2CCOCC2)C1. The van der Waals surface area contributed by atoms with E-state index in [1.807, 2.05) is 0 Å². The number of hydrogen-bond acceptors (Lipinski definition) is 5. The molecule has 7 nitrogen and oxygen atoms in total. The first-order valence-corrected chi connectivity index (χ1v) is 5.06. The van der Waals surface area contributed by atoms with Gasteiger partial charge < -0.3 is 9.47 Å². The fourth-order valence-electron chi connectivity index (χ4n) is 1.83. The fourth-order valence-corrected chi connectivity index (χ4v) is 1.83. The summed E-state index contributed by atoms with van der Waals surface area (Å²) in [7, 11) is 0. The Morgan fingerprint density at radius 3 is 2.73 bits per heavy atom. The Balaban J connectivity index is 1.74. The van der Waals surface area contributed by atoms with Crippen LogP contribution < -0.4 is 0 Å². The fraction of sp³-hybridized carbons (Fsp3) is 1.00. The van der Waals surface area contributed by atoms with Crippen molar-refractivity contribution in [2.75, 3.05) is 46.1 Å². The van der Waals surface area contributed by atoms with Gasteiger partial charge in [-0.25, -0.2) is 10.1 Å². The largest absolute Gasteiger partial charge is 0.379 e. The second-order valence-corrected chi connectivity index (χ2v) is 3.76. The van der Waals surface area contributed by atoms with E-state index in [1.54, 1.807) is 0 Å². The summed E-state index contributed by atoms with van der Waals surface area (Å²) in [4.78, 5) is 12.7. The number of ether oxygens (including phenoxy) is 2. The van der Waals surface area contributed by atoms with Gasteiger partial charge in [-0.05, 0) is 0 Å². The summed E-state index contributed by atoms with van der Waals surface area (Å²) in [5, 5.41) is 11.2. The first kappa shape index (κ1) is 10.6. The lowest BCUT2D eigenvalue weighted by atomic mass is 10.3. The van der Waals surface area contributed by atoms with E-state index in [1.165, 1.54) is 0 Å². The standard InChI is InChI=1S/C8H15N3O4/c12-11(13)10-6-8(15-7-10)5-9-1-3-14-4-2-9/h8H,1-7H2/t8-/m0/s1. The summed E-state index contributed by atoms with van der Waals surface area (Å²) in [6.07, 6.45) is -0.0477. The van der Waals surface area contributed by atoms with E-state index < -0.39 is 5.03 Å². The van der Waals surface area contributed by atoms with Crippen LogP contribution in [0.25, 0.3) is 0 Å². The Hall–Kier alpha value is -0.920. The third kappa shape index (κ3) is 2.77. The van der Waals surface area contributed by atoms with Crippen molar-refractivity contribution in [1.29, 1.82) is 0 Å². The average molecular weight is 217 g/mol. The Bertz CT molecular complexity index is 232. The molecular formula is C8H15N3O4. The van der Waals surface area contributed by atoms with Crippen LogP contribution in [0.4, 0.5) is 0 Å². The molecule has 2 aliphatic rings. The maximum Gasteiger partial charge on any atom is 0.177 e. The highest BCUT2D eigenvalue weighted by atomic mass is 16.7. The molecule has 0 saturated carbocycles. The Morgan fingerprint density at radius 2 is 2.13 bits per heavy atom. The number of rotatable bonds is 3. The highest BCUT2D eigenvalue weighted by molar-refractivity contribution is 4.72. The van der Waals surface area contributed by atoms with E-state index in [0.29, 0.717) is 6.54 Å². The summed E-state index contributed by atoms with van der Waals surface area (Å²) >= 11 is 0. The molecule has 86 valence electrons. The van der Waals surface area contributed by atoms with E-state index in [2.05, 4.69) is 4.90 Å². The maximum absolute atomic E-state index is 10.5.